The molecule has 1 aromatic heterocycles. The number of hydrogen-bond donors (Lipinski definition) is 1. The van der Waals surface area contributed by atoms with E-state index >= 15 is 0 Å². The van der Waals surface area contributed by atoms with E-state index in [4.69, 9.17) is 11.6 Å². The molecule has 3 atom stereocenters. The van der Waals surface area contributed by atoms with Crippen molar-refractivity contribution in [2.75, 3.05) is 46.3 Å². The first-order valence-electron chi connectivity index (χ1n) is 14.1. The van der Waals surface area contributed by atoms with E-state index in [1.807, 2.05) is 16.8 Å². The van der Waals surface area contributed by atoms with Gasteiger partial charge in [-0.3, -0.25) is 19.3 Å². The highest BCUT2D eigenvalue weighted by Crippen LogP contribution is 2.32. The van der Waals surface area contributed by atoms with E-state index in [-0.39, 0.29) is 42.3 Å². The van der Waals surface area contributed by atoms with Gasteiger partial charge in [0, 0.05) is 68.1 Å². The van der Waals surface area contributed by atoms with Crippen molar-refractivity contribution in [1.29, 1.82) is 0 Å². The minimum absolute atomic E-state index is 0.0433. The molecule has 13 heteroatoms. The van der Waals surface area contributed by atoms with Crippen LogP contribution in [-0.4, -0.2) is 110 Å². The molecule has 0 spiro atoms. The molecule has 10 nitrogen and oxygen atoms in total. The quantitative estimate of drug-likeness (QED) is 0.434. The van der Waals surface area contributed by atoms with Gasteiger partial charge in [-0.25, -0.2) is 8.42 Å². The number of nitrogens with zero attached hydrogens (tertiary/aromatic N) is 4. The van der Waals surface area contributed by atoms with Crippen LogP contribution in [0.5, 0.6) is 0 Å². The first kappa shape index (κ1) is 29.5. The third kappa shape index (κ3) is 7.25. The molecule has 0 aromatic carbocycles. The zero-order valence-electron chi connectivity index (χ0n) is 22.8. The highest BCUT2D eigenvalue weighted by molar-refractivity contribution is 7.92. The number of hydrogen-bond acceptors (Lipinski definition) is 7. The molecule has 1 N–H and O–H groups in total. The molecule has 1 unspecified atom stereocenters. The second kappa shape index (κ2) is 12.5. The molecular weight excluding hydrogens is 574 g/mol. The van der Waals surface area contributed by atoms with Gasteiger partial charge < -0.3 is 14.7 Å². The fraction of sp³-hybridized carbons (Fsp3) is 0.667. The summed E-state index contributed by atoms with van der Waals surface area (Å²) < 4.78 is 28.3. The largest absolute Gasteiger partial charge is 0.341 e. The Morgan fingerprint density at radius 1 is 1.12 bits per heavy atom. The fourth-order valence-corrected chi connectivity index (χ4v) is 8.09. The van der Waals surface area contributed by atoms with Crippen molar-refractivity contribution in [2.24, 2.45) is 5.92 Å². The molecule has 220 valence electrons. The van der Waals surface area contributed by atoms with Gasteiger partial charge in [-0.1, -0.05) is 11.6 Å². The number of piperidine rings is 1. The van der Waals surface area contributed by atoms with Gasteiger partial charge in [-0.2, -0.15) is 4.72 Å². The second-order valence-corrected chi connectivity index (χ2v) is 14.7. The number of sulfonamides is 1. The molecule has 1 aromatic rings. The Labute approximate surface area is 245 Å². The van der Waals surface area contributed by atoms with Crippen LogP contribution in [0.25, 0.3) is 6.08 Å². The monoisotopic (exact) mass is 611 g/mol. The molecule has 3 saturated heterocycles. The maximum absolute atomic E-state index is 13.3. The van der Waals surface area contributed by atoms with Crippen molar-refractivity contribution in [1.82, 2.24) is 24.3 Å². The summed E-state index contributed by atoms with van der Waals surface area (Å²) in [6.07, 6.45) is 7.26. The zero-order valence-corrected chi connectivity index (χ0v) is 25.2. The van der Waals surface area contributed by atoms with Crippen LogP contribution in [0.4, 0.5) is 0 Å². The number of halogens is 1. The van der Waals surface area contributed by atoms with E-state index in [0.717, 1.165) is 57.1 Å². The Morgan fingerprint density at radius 2 is 1.90 bits per heavy atom. The lowest BCUT2D eigenvalue weighted by Gasteiger charge is -2.34. The number of rotatable bonds is 10. The van der Waals surface area contributed by atoms with Crippen LogP contribution in [0, 0.1) is 5.92 Å². The van der Waals surface area contributed by atoms with Gasteiger partial charge in [0.2, 0.25) is 27.7 Å². The van der Waals surface area contributed by atoms with Gasteiger partial charge >= 0.3 is 0 Å². The number of nitrogens with one attached hydrogen (secondary N) is 1. The lowest BCUT2D eigenvalue weighted by Crippen LogP contribution is -2.55. The summed E-state index contributed by atoms with van der Waals surface area (Å²) in [4.78, 5) is 47.3. The molecule has 0 bridgehead atoms. The Kier molecular flexibility index (Phi) is 9.20. The minimum atomic E-state index is -3.85. The molecule has 3 amide bonds. The molecule has 0 radical (unpaired) electrons. The summed E-state index contributed by atoms with van der Waals surface area (Å²) in [5, 5.41) is 1.05. The van der Waals surface area contributed by atoms with Crippen LogP contribution in [0.3, 0.4) is 0 Å². The maximum atomic E-state index is 13.3. The van der Waals surface area contributed by atoms with E-state index in [1.54, 1.807) is 12.1 Å². The van der Waals surface area contributed by atoms with Crippen LogP contribution < -0.4 is 4.72 Å². The predicted molar refractivity (Wildman–Crippen MR) is 155 cm³/mol. The third-order valence-corrected chi connectivity index (χ3v) is 10.7. The summed E-state index contributed by atoms with van der Waals surface area (Å²) in [5.74, 6) is 0.0271. The smallest absolute Gasteiger partial charge is 0.242 e. The van der Waals surface area contributed by atoms with Crippen molar-refractivity contribution in [3.8, 4) is 0 Å². The van der Waals surface area contributed by atoms with Crippen LogP contribution in [0.2, 0.25) is 4.34 Å². The summed E-state index contributed by atoms with van der Waals surface area (Å²) in [6, 6.07) is 2.83. The van der Waals surface area contributed by atoms with Gasteiger partial charge in [-0.05, 0) is 63.2 Å². The average molecular weight is 612 g/mol. The summed E-state index contributed by atoms with van der Waals surface area (Å²) in [5.41, 5.74) is 0. The van der Waals surface area contributed by atoms with Crippen molar-refractivity contribution in [3.05, 3.63) is 26.8 Å². The number of likely N-dealkylation sites (N-methyl/N-ethyl adjacent to an activating group) is 1. The van der Waals surface area contributed by atoms with Crippen molar-refractivity contribution < 1.29 is 22.8 Å². The lowest BCUT2D eigenvalue weighted by molar-refractivity contribution is -0.143. The van der Waals surface area contributed by atoms with Crippen LogP contribution in [0.15, 0.2) is 17.5 Å². The maximum Gasteiger partial charge on any atom is 0.242 e. The molecule has 4 heterocycles. The van der Waals surface area contributed by atoms with Gasteiger partial charge in [0.25, 0.3) is 0 Å². The third-order valence-electron chi connectivity index (χ3n) is 8.40. The van der Waals surface area contributed by atoms with Gasteiger partial charge in [0.1, 0.15) is 6.04 Å². The van der Waals surface area contributed by atoms with Gasteiger partial charge in [0.05, 0.1) is 10.9 Å². The Hall–Kier alpha value is -1.99. The molecule has 3 aliphatic heterocycles. The van der Waals surface area contributed by atoms with Gasteiger partial charge in [-0.15, -0.1) is 11.3 Å². The van der Waals surface area contributed by atoms with Crippen LogP contribution in [-0.2, 0) is 24.4 Å². The van der Waals surface area contributed by atoms with Crippen LogP contribution >= 0.6 is 22.9 Å². The Balaban J connectivity index is 1.12. The SMILES string of the molecule is CN(C(=O)C1CC1)C1CCN(C[C@@H]2CCCN2C(=O)CN2CCC[C@H](NS(=O)(=O)/C=C/c3ccc(Cl)s3)C2=O)C1. The zero-order chi connectivity index (χ0) is 28.4. The van der Waals surface area contributed by atoms with Gasteiger partial charge in [0.15, 0.2) is 0 Å². The fourth-order valence-electron chi connectivity index (χ4n) is 6.02. The molecule has 5 rings (SSSR count). The number of carbonyl (C=O) groups excluding carboxylic acids is 3. The molecule has 1 saturated carbocycles. The van der Waals surface area contributed by atoms with Crippen molar-refractivity contribution >= 4 is 56.8 Å². The Morgan fingerprint density at radius 3 is 2.62 bits per heavy atom. The highest BCUT2D eigenvalue weighted by Gasteiger charge is 2.39. The van der Waals surface area contributed by atoms with Crippen molar-refractivity contribution in [2.45, 2.75) is 63.1 Å². The standard InChI is InChI=1S/C27H38ClN5O5S2/c1-30(26(35)19-6-7-19)20-10-14-31(16-20)17-21-4-2-13-33(21)25(34)18-32-12-3-5-23(27(32)36)29-40(37,38)15-11-22-8-9-24(28)39-22/h8-9,11,15,19-21,23,29H,2-7,10,12-14,16-18H2,1H3/b15-11+/t20?,21-,23-/m0/s1. The summed E-state index contributed by atoms with van der Waals surface area (Å²) in [7, 11) is -1.93. The van der Waals surface area contributed by atoms with E-state index < -0.39 is 16.1 Å². The van der Waals surface area contributed by atoms with E-state index in [2.05, 4.69) is 9.62 Å². The first-order valence-corrected chi connectivity index (χ1v) is 16.9. The summed E-state index contributed by atoms with van der Waals surface area (Å²) >= 11 is 7.16. The second-order valence-electron chi connectivity index (χ2n) is 11.4. The predicted octanol–water partition coefficient (Wildman–Crippen LogP) is 2.22. The molecule has 40 heavy (non-hydrogen) atoms. The normalized spacial score (nSPS) is 26.2. The lowest BCUT2D eigenvalue weighted by atomic mass is 10.1. The van der Waals surface area contributed by atoms with E-state index in [0.29, 0.717) is 35.1 Å². The Bertz CT molecular complexity index is 1250. The first-order chi connectivity index (χ1) is 19.1. The molecule has 1 aliphatic carbocycles. The summed E-state index contributed by atoms with van der Waals surface area (Å²) in [6.45, 7) is 3.56. The number of amides is 3. The topological polar surface area (TPSA) is 110 Å². The molecular formula is C27H38ClN5O5S2. The highest BCUT2D eigenvalue weighted by atomic mass is 35.5. The number of carbonyl (C=O) groups is 3. The molecule has 4 fully saturated rings. The van der Waals surface area contributed by atoms with Crippen LogP contribution in [0.1, 0.15) is 49.8 Å². The van der Waals surface area contributed by atoms with E-state index in [1.165, 1.54) is 22.3 Å². The average Bonchev–Trinajstić information content (AvgIpc) is 3.27. The number of thiophene rings is 1. The minimum Gasteiger partial charge on any atom is -0.341 e. The van der Waals surface area contributed by atoms with E-state index in [9.17, 15) is 22.8 Å². The number of likely N-dealkylation sites (tertiary alicyclic amines) is 3. The van der Waals surface area contributed by atoms with Crippen molar-refractivity contribution in [3.63, 3.8) is 0 Å². The molecule has 4 aliphatic rings.